The quantitative estimate of drug-likeness (QED) is 0.0232. The summed E-state index contributed by atoms with van der Waals surface area (Å²) in [6.07, 6.45) is 61.3. The molecule has 0 radical (unpaired) electrons. The molecule has 0 saturated heterocycles. The highest BCUT2D eigenvalue weighted by molar-refractivity contribution is 7.47. The molecule has 0 aromatic rings. The minimum Gasteiger partial charge on any atom is -0.480 e. The predicted molar refractivity (Wildman–Crippen MR) is 272 cm³/mol. The van der Waals surface area contributed by atoms with E-state index in [0.717, 1.165) is 77.0 Å². The summed E-state index contributed by atoms with van der Waals surface area (Å²) in [7, 11) is -4.63. The summed E-state index contributed by atoms with van der Waals surface area (Å²) in [5.41, 5.74) is 5.38. The second-order valence-corrected chi connectivity index (χ2v) is 19.1. The molecule has 0 aromatic heterocycles. The molecule has 0 aliphatic carbocycles. The van der Waals surface area contributed by atoms with Crippen molar-refractivity contribution in [1.82, 2.24) is 0 Å². The maximum absolute atomic E-state index is 12.7. The Labute approximate surface area is 398 Å². The molecule has 0 aliphatic rings. The predicted octanol–water partition coefficient (Wildman–Crippen LogP) is 15.5. The van der Waals surface area contributed by atoms with Gasteiger partial charge in [0, 0.05) is 13.0 Å². The number of allylic oxidation sites excluding steroid dienone is 10. The van der Waals surface area contributed by atoms with Crippen molar-refractivity contribution in [3.63, 3.8) is 0 Å². The summed E-state index contributed by atoms with van der Waals surface area (Å²) < 4.78 is 33.5. The fraction of sp³-hybridized carbons (Fsp3) is 0.778. The molecule has 0 spiro atoms. The van der Waals surface area contributed by atoms with Gasteiger partial charge in [-0.15, -0.1) is 0 Å². The summed E-state index contributed by atoms with van der Waals surface area (Å²) in [6, 6.07) is -1.48. The second kappa shape index (κ2) is 49.6. The van der Waals surface area contributed by atoms with Gasteiger partial charge in [0.2, 0.25) is 0 Å². The van der Waals surface area contributed by atoms with E-state index in [0.29, 0.717) is 13.0 Å². The van der Waals surface area contributed by atoms with Crippen LogP contribution in [0.3, 0.4) is 0 Å². The van der Waals surface area contributed by atoms with Gasteiger partial charge in [0.05, 0.1) is 19.8 Å². The molecule has 0 heterocycles. The van der Waals surface area contributed by atoms with E-state index in [1.807, 2.05) is 0 Å². The first-order valence-corrected chi connectivity index (χ1v) is 27.8. The molecular formula is C54H98NO9P. The number of phosphoric acid groups is 1. The fourth-order valence-electron chi connectivity index (χ4n) is 7.28. The Balaban J connectivity index is 4.15. The third-order valence-corrected chi connectivity index (χ3v) is 12.3. The molecule has 65 heavy (non-hydrogen) atoms. The molecule has 0 bridgehead atoms. The standard InChI is InChI=1S/C54H98NO9P/c1-3-5-7-9-11-13-15-17-19-21-23-25-26-27-28-30-32-34-36-38-40-42-44-46-53(56)64-51(49-62-65(59,60)63-50-52(55)54(57)58)48-61-47-45-43-41-39-37-35-33-31-29-24-22-20-18-16-14-12-10-8-6-4-2/h5,7,11,13,17,19,23,25,27-28,51-52H,3-4,6,8-10,12,14-16,18,20-22,24,26,29-50,55H2,1-2H3,(H,57,58)(H,59,60)/b7-5-,13-11-,19-17-,25-23-,28-27-. The van der Waals surface area contributed by atoms with E-state index >= 15 is 0 Å². The molecule has 10 nitrogen and oxygen atoms in total. The lowest BCUT2D eigenvalue weighted by Crippen LogP contribution is -2.34. The van der Waals surface area contributed by atoms with Gasteiger partial charge in [0.25, 0.3) is 0 Å². The highest BCUT2D eigenvalue weighted by Crippen LogP contribution is 2.43. The van der Waals surface area contributed by atoms with Crippen molar-refractivity contribution in [3.8, 4) is 0 Å². The van der Waals surface area contributed by atoms with Crippen molar-refractivity contribution >= 4 is 19.8 Å². The highest BCUT2D eigenvalue weighted by Gasteiger charge is 2.27. The van der Waals surface area contributed by atoms with Crippen molar-refractivity contribution in [1.29, 1.82) is 0 Å². The summed E-state index contributed by atoms with van der Waals surface area (Å²) in [4.78, 5) is 33.7. The number of carboxylic acids is 1. The molecule has 0 saturated carbocycles. The van der Waals surface area contributed by atoms with Gasteiger partial charge in [-0.05, 0) is 57.8 Å². The van der Waals surface area contributed by atoms with E-state index in [2.05, 4.69) is 74.6 Å². The van der Waals surface area contributed by atoms with Gasteiger partial charge in [-0.1, -0.05) is 229 Å². The van der Waals surface area contributed by atoms with Crippen LogP contribution in [0.15, 0.2) is 60.8 Å². The average molecular weight is 936 g/mol. The monoisotopic (exact) mass is 936 g/mol. The topological polar surface area (TPSA) is 155 Å². The number of carboxylic acid groups (broad SMARTS) is 1. The van der Waals surface area contributed by atoms with E-state index in [-0.39, 0.29) is 13.0 Å². The summed E-state index contributed by atoms with van der Waals surface area (Å²) >= 11 is 0. The lowest BCUT2D eigenvalue weighted by atomic mass is 10.0. The maximum atomic E-state index is 12.7. The molecule has 0 fully saturated rings. The Bertz CT molecular complexity index is 1270. The van der Waals surface area contributed by atoms with Gasteiger partial charge in [0.15, 0.2) is 0 Å². The van der Waals surface area contributed by atoms with E-state index in [4.69, 9.17) is 29.4 Å². The number of esters is 1. The maximum Gasteiger partial charge on any atom is 0.472 e. The number of carbonyl (C=O) groups excluding carboxylic acids is 1. The third-order valence-electron chi connectivity index (χ3n) is 11.3. The number of phosphoric ester groups is 1. The molecular weight excluding hydrogens is 838 g/mol. The van der Waals surface area contributed by atoms with Crippen molar-refractivity contribution in [2.24, 2.45) is 5.73 Å². The van der Waals surface area contributed by atoms with Gasteiger partial charge in [0.1, 0.15) is 12.1 Å². The van der Waals surface area contributed by atoms with Crippen LogP contribution >= 0.6 is 7.82 Å². The Morgan fingerprint density at radius 1 is 0.508 bits per heavy atom. The molecule has 0 aliphatic heterocycles. The summed E-state index contributed by atoms with van der Waals surface area (Å²) in [5, 5.41) is 8.94. The van der Waals surface area contributed by atoms with Crippen LogP contribution in [0.2, 0.25) is 0 Å². The molecule has 0 rings (SSSR count). The van der Waals surface area contributed by atoms with E-state index in [9.17, 15) is 19.0 Å². The Morgan fingerprint density at radius 3 is 1.34 bits per heavy atom. The Kier molecular flexibility index (Phi) is 47.8. The van der Waals surface area contributed by atoms with Crippen molar-refractivity contribution in [2.45, 2.75) is 244 Å². The number of aliphatic carboxylic acids is 1. The van der Waals surface area contributed by atoms with Crippen molar-refractivity contribution in [2.75, 3.05) is 26.4 Å². The first kappa shape index (κ1) is 62.7. The Morgan fingerprint density at radius 2 is 0.892 bits per heavy atom. The van der Waals surface area contributed by atoms with Crippen LogP contribution in [0, 0.1) is 0 Å². The number of unbranched alkanes of at least 4 members (excludes halogenated alkanes) is 26. The van der Waals surface area contributed by atoms with Crippen LogP contribution in [-0.4, -0.2) is 60.5 Å². The normalized spacial score (nSPS) is 14.2. The Hall–Kier alpha value is -2.33. The zero-order valence-electron chi connectivity index (χ0n) is 41.6. The van der Waals surface area contributed by atoms with Gasteiger partial charge >= 0.3 is 19.8 Å². The molecule has 0 amide bonds. The average Bonchev–Trinajstić information content (AvgIpc) is 3.29. The van der Waals surface area contributed by atoms with Gasteiger partial charge < -0.3 is 25.2 Å². The largest absolute Gasteiger partial charge is 0.480 e. The number of hydrogen-bond donors (Lipinski definition) is 3. The first-order valence-electron chi connectivity index (χ1n) is 26.3. The minimum absolute atomic E-state index is 0.0130. The van der Waals surface area contributed by atoms with Crippen LogP contribution < -0.4 is 5.73 Å². The lowest BCUT2D eigenvalue weighted by molar-refractivity contribution is -0.154. The van der Waals surface area contributed by atoms with Crippen LogP contribution in [-0.2, 0) is 32.7 Å². The molecule has 4 N–H and O–H groups in total. The first-order chi connectivity index (χ1) is 31.7. The number of ether oxygens (including phenoxy) is 2. The van der Waals surface area contributed by atoms with E-state index in [1.54, 1.807) is 0 Å². The number of hydrogen-bond acceptors (Lipinski definition) is 8. The van der Waals surface area contributed by atoms with Crippen LogP contribution in [0.1, 0.15) is 232 Å². The van der Waals surface area contributed by atoms with E-state index in [1.165, 1.54) is 128 Å². The number of rotatable bonds is 50. The molecule has 3 atom stereocenters. The smallest absolute Gasteiger partial charge is 0.472 e. The van der Waals surface area contributed by atoms with Gasteiger partial charge in [-0.3, -0.25) is 18.6 Å². The zero-order chi connectivity index (χ0) is 47.6. The molecule has 11 heteroatoms. The number of nitrogens with two attached hydrogens (primary N) is 1. The van der Waals surface area contributed by atoms with Crippen LogP contribution in [0.4, 0.5) is 0 Å². The van der Waals surface area contributed by atoms with Crippen LogP contribution in [0.25, 0.3) is 0 Å². The SMILES string of the molecule is CC/C=C\C/C=C\C/C=C\C/C=C\C/C=C\CCCCCCCCCC(=O)OC(COCCCCCCCCCCCCCCCCCCCCCC)COP(=O)(O)OCC(N)C(=O)O. The molecule has 378 valence electrons. The number of carbonyl (C=O) groups is 2. The molecule has 0 aromatic carbocycles. The van der Waals surface area contributed by atoms with Crippen molar-refractivity contribution < 1.29 is 42.7 Å². The highest BCUT2D eigenvalue weighted by atomic mass is 31.2. The second-order valence-electron chi connectivity index (χ2n) is 17.6. The van der Waals surface area contributed by atoms with Gasteiger partial charge in [-0.2, -0.15) is 0 Å². The van der Waals surface area contributed by atoms with Crippen LogP contribution in [0.5, 0.6) is 0 Å². The summed E-state index contributed by atoms with van der Waals surface area (Å²) in [5.74, 6) is -1.79. The fourth-order valence-corrected chi connectivity index (χ4v) is 8.06. The van der Waals surface area contributed by atoms with E-state index < -0.39 is 45.1 Å². The van der Waals surface area contributed by atoms with Gasteiger partial charge in [-0.25, -0.2) is 4.57 Å². The van der Waals surface area contributed by atoms with Crippen molar-refractivity contribution in [3.05, 3.63) is 60.8 Å². The summed E-state index contributed by atoms with van der Waals surface area (Å²) in [6.45, 7) is 3.79. The minimum atomic E-state index is -4.63. The molecule has 3 unspecified atom stereocenters. The lowest BCUT2D eigenvalue weighted by Gasteiger charge is -2.20. The zero-order valence-corrected chi connectivity index (χ0v) is 42.5. The third kappa shape index (κ3) is 49.4.